The van der Waals surface area contributed by atoms with Gasteiger partial charge in [0.1, 0.15) is 0 Å². The van der Waals surface area contributed by atoms with Gasteiger partial charge in [0.2, 0.25) is 5.91 Å². The topological polar surface area (TPSA) is 77.9 Å². The van der Waals surface area contributed by atoms with E-state index in [4.69, 9.17) is 5.53 Å². The largest absolute Gasteiger partial charge is 0.326 e. The van der Waals surface area contributed by atoms with Crippen LogP contribution >= 0.6 is 0 Å². The third-order valence-corrected chi connectivity index (χ3v) is 2.59. The number of hydrogen-bond donors (Lipinski definition) is 1. The predicted molar refractivity (Wildman–Crippen MR) is 72.3 cm³/mol. The van der Waals surface area contributed by atoms with E-state index in [1.165, 1.54) is 5.56 Å². The van der Waals surface area contributed by atoms with Crippen LogP contribution in [0.15, 0.2) is 29.4 Å². The van der Waals surface area contributed by atoms with Crippen molar-refractivity contribution in [1.29, 1.82) is 0 Å². The lowest BCUT2D eigenvalue weighted by Crippen LogP contribution is -2.11. The van der Waals surface area contributed by atoms with Gasteiger partial charge in [0.05, 0.1) is 0 Å². The normalized spacial score (nSPS) is 9.61. The van der Waals surface area contributed by atoms with Crippen LogP contribution in [0.25, 0.3) is 10.4 Å². The Kier molecular flexibility index (Phi) is 6.36. The lowest BCUT2D eigenvalue weighted by molar-refractivity contribution is -0.116. The van der Waals surface area contributed by atoms with Gasteiger partial charge in [-0.1, -0.05) is 24.2 Å². The van der Waals surface area contributed by atoms with E-state index in [0.717, 1.165) is 24.9 Å². The van der Waals surface area contributed by atoms with Crippen LogP contribution in [0.5, 0.6) is 0 Å². The molecule has 1 N–H and O–H groups in total. The third kappa shape index (κ3) is 5.37. The monoisotopic (exact) mass is 246 g/mol. The number of carbonyl (C=O) groups excluding carboxylic acids is 1. The van der Waals surface area contributed by atoms with Gasteiger partial charge in [-0.05, 0) is 42.5 Å². The minimum atomic E-state index is 0.00388. The summed E-state index contributed by atoms with van der Waals surface area (Å²) in [6, 6.07) is 7.85. The molecule has 5 heteroatoms. The molecule has 18 heavy (non-hydrogen) atoms. The third-order valence-electron chi connectivity index (χ3n) is 2.59. The van der Waals surface area contributed by atoms with Gasteiger partial charge in [-0.2, -0.15) is 0 Å². The highest BCUT2D eigenvalue weighted by Crippen LogP contribution is 2.11. The van der Waals surface area contributed by atoms with Gasteiger partial charge < -0.3 is 5.32 Å². The van der Waals surface area contributed by atoms with Crippen LogP contribution < -0.4 is 5.32 Å². The van der Waals surface area contributed by atoms with Crippen molar-refractivity contribution in [2.75, 3.05) is 11.9 Å². The average Bonchev–Trinajstić information content (AvgIpc) is 2.38. The first-order valence-corrected chi connectivity index (χ1v) is 6.16. The van der Waals surface area contributed by atoms with Crippen LogP contribution in [-0.4, -0.2) is 12.5 Å². The summed E-state index contributed by atoms with van der Waals surface area (Å²) in [6.45, 7) is 2.53. The first-order chi connectivity index (χ1) is 8.76. The van der Waals surface area contributed by atoms with Crippen molar-refractivity contribution in [2.45, 2.75) is 32.6 Å². The van der Waals surface area contributed by atoms with E-state index >= 15 is 0 Å². The molecular weight excluding hydrogens is 228 g/mol. The molecule has 1 aromatic rings. The summed E-state index contributed by atoms with van der Waals surface area (Å²) in [4.78, 5) is 14.3. The quantitative estimate of drug-likeness (QED) is 0.339. The summed E-state index contributed by atoms with van der Waals surface area (Å²) in [5.41, 5.74) is 10.1. The molecule has 5 nitrogen and oxygen atoms in total. The minimum Gasteiger partial charge on any atom is -0.326 e. The van der Waals surface area contributed by atoms with Crippen LogP contribution in [0.1, 0.15) is 31.7 Å². The van der Waals surface area contributed by atoms with Gasteiger partial charge in [-0.3, -0.25) is 4.79 Å². The van der Waals surface area contributed by atoms with Gasteiger partial charge in [-0.25, -0.2) is 0 Å². The number of azide groups is 1. The van der Waals surface area contributed by atoms with E-state index in [9.17, 15) is 4.79 Å². The zero-order valence-corrected chi connectivity index (χ0v) is 10.6. The van der Waals surface area contributed by atoms with Gasteiger partial charge in [0.25, 0.3) is 0 Å². The minimum absolute atomic E-state index is 0.00388. The van der Waals surface area contributed by atoms with Crippen molar-refractivity contribution in [3.8, 4) is 0 Å². The smallest absolute Gasteiger partial charge is 0.224 e. The summed E-state index contributed by atoms with van der Waals surface area (Å²) < 4.78 is 0. The fraction of sp³-hybridized carbons (Fsp3) is 0.462. The second-order valence-electron chi connectivity index (χ2n) is 4.01. The van der Waals surface area contributed by atoms with Gasteiger partial charge in [0.15, 0.2) is 0 Å². The Hall–Kier alpha value is -2.00. The molecule has 96 valence electrons. The summed E-state index contributed by atoms with van der Waals surface area (Å²) in [5.74, 6) is 0.00388. The van der Waals surface area contributed by atoms with E-state index in [1.807, 2.05) is 24.3 Å². The molecule has 0 unspecified atom stereocenters. The number of hydrogen-bond acceptors (Lipinski definition) is 2. The fourth-order valence-electron chi connectivity index (χ4n) is 1.61. The first kappa shape index (κ1) is 14.1. The number of unbranched alkanes of at least 4 members (excludes halogenated alkanes) is 1. The number of amides is 1. The number of anilines is 1. The molecule has 1 aromatic carbocycles. The van der Waals surface area contributed by atoms with Crippen molar-refractivity contribution in [1.82, 2.24) is 0 Å². The number of rotatable bonds is 7. The van der Waals surface area contributed by atoms with Crippen molar-refractivity contribution in [3.05, 3.63) is 40.3 Å². The molecule has 1 rings (SSSR count). The van der Waals surface area contributed by atoms with E-state index in [1.54, 1.807) is 0 Å². The van der Waals surface area contributed by atoms with Crippen molar-refractivity contribution in [2.24, 2.45) is 5.11 Å². The van der Waals surface area contributed by atoms with Crippen molar-refractivity contribution in [3.63, 3.8) is 0 Å². The molecule has 0 aliphatic carbocycles. The number of nitrogens with one attached hydrogen (secondary N) is 1. The highest BCUT2D eigenvalue weighted by atomic mass is 16.1. The molecular formula is C13H18N4O. The van der Waals surface area contributed by atoms with Crippen molar-refractivity contribution < 1.29 is 4.79 Å². The Morgan fingerprint density at radius 1 is 1.44 bits per heavy atom. The molecule has 0 bridgehead atoms. The molecule has 0 saturated carbocycles. The molecule has 1 amide bonds. The maximum absolute atomic E-state index is 11.6. The SMILES string of the molecule is CCc1cccc(NC(=O)CCCCN=[N+]=[N-])c1. The summed E-state index contributed by atoms with van der Waals surface area (Å²) in [7, 11) is 0. The molecule has 0 heterocycles. The van der Waals surface area contributed by atoms with E-state index in [2.05, 4.69) is 22.3 Å². The van der Waals surface area contributed by atoms with E-state index in [0.29, 0.717) is 13.0 Å². The average molecular weight is 246 g/mol. The molecule has 0 aliphatic heterocycles. The molecule has 0 atom stereocenters. The van der Waals surface area contributed by atoms with Crippen LogP contribution in [-0.2, 0) is 11.2 Å². The summed E-state index contributed by atoms with van der Waals surface area (Å²) >= 11 is 0. The highest BCUT2D eigenvalue weighted by molar-refractivity contribution is 5.90. The number of carbonyl (C=O) groups is 1. The Balaban J connectivity index is 2.32. The molecule has 0 aliphatic rings. The molecule has 0 aromatic heterocycles. The maximum atomic E-state index is 11.6. The van der Waals surface area contributed by atoms with E-state index in [-0.39, 0.29) is 5.91 Å². The summed E-state index contributed by atoms with van der Waals surface area (Å²) in [5, 5.41) is 6.29. The van der Waals surface area contributed by atoms with Crippen LogP contribution in [0, 0.1) is 0 Å². The molecule has 0 saturated heterocycles. The number of benzene rings is 1. The van der Waals surface area contributed by atoms with Crippen LogP contribution in [0.3, 0.4) is 0 Å². The highest BCUT2D eigenvalue weighted by Gasteiger charge is 2.02. The molecule has 0 radical (unpaired) electrons. The fourth-order valence-corrected chi connectivity index (χ4v) is 1.61. The number of nitrogens with zero attached hydrogens (tertiary/aromatic N) is 3. The standard InChI is InChI=1S/C13H18N4O/c1-2-11-6-5-7-12(10-11)16-13(18)8-3-4-9-15-17-14/h5-7,10H,2-4,8-9H2,1H3,(H,16,18). The van der Waals surface area contributed by atoms with Gasteiger partial charge in [-0.15, -0.1) is 0 Å². The molecule has 0 fully saturated rings. The molecule has 0 spiro atoms. The zero-order chi connectivity index (χ0) is 13.2. The van der Waals surface area contributed by atoms with E-state index < -0.39 is 0 Å². The van der Waals surface area contributed by atoms with Crippen LogP contribution in [0.4, 0.5) is 5.69 Å². The second kappa shape index (κ2) is 8.14. The van der Waals surface area contributed by atoms with Gasteiger partial charge in [0, 0.05) is 23.6 Å². The van der Waals surface area contributed by atoms with Gasteiger partial charge >= 0.3 is 0 Å². The number of aryl methyl sites for hydroxylation is 1. The zero-order valence-electron chi connectivity index (χ0n) is 10.6. The lowest BCUT2D eigenvalue weighted by Gasteiger charge is -2.06. The Labute approximate surface area is 107 Å². The Morgan fingerprint density at radius 2 is 2.28 bits per heavy atom. The Bertz CT molecular complexity index is 438. The predicted octanol–water partition coefficient (Wildman–Crippen LogP) is 3.67. The second-order valence-corrected chi connectivity index (χ2v) is 4.01. The maximum Gasteiger partial charge on any atom is 0.224 e. The summed E-state index contributed by atoms with van der Waals surface area (Å²) in [6.07, 6.45) is 2.89. The van der Waals surface area contributed by atoms with Crippen molar-refractivity contribution >= 4 is 11.6 Å². The van der Waals surface area contributed by atoms with Crippen LogP contribution in [0.2, 0.25) is 0 Å². The first-order valence-electron chi connectivity index (χ1n) is 6.16. The Morgan fingerprint density at radius 3 is 3.00 bits per heavy atom. The lowest BCUT2D eigenvalue weighted by atomic mass is 10.1.